The fourth-order valence-corrected chi connectivity index (χ4v) is 4.94. The number of piperidine rings is 1. The number of nitriles is 1. The van der Waals surface area contributed by atoms with Gasteiger partial charge in [0.05, 0.1) is 6.54 Å². The third kappa shape index (κ3) is 2.56. The Labute approximate surface area is 134 Å². The van der Waals surface area contributed by atoms with Gasteiger partial charge in [-0.15, -0.1) is 0 Å². The Balaban J connectivity index is 2.41. The number of aliphatic hydroxyl groups is 1. The van der Waals surface area contributed by atoms with E-state index in [1.165, 1.54) is 5.06 Å². The number of quaternary nitrogens is 1. The molecule has 0 aromatic heterocycles. The number of aliphatic hydroxyl groups excluding tert-OH is 1. The summed E-state index contributed by atoms with van der Waals surface area (Å²) < 4.78 is 0.694. The number of likely N-dealkylation sites (tertiary alicyclic amines) is 1. The molecular weight excluding hydrogens is 278 g/mol. The second-order valence-corrected chi connectivity index (χ2v) is 8.67. The highest BCUT2D eigenvalue weighted by Gasteiger charge is 2.65. The van der Waals surface area contributed by atoms with Crippen LogP contribution in [0.2, 0.25) is 0 Å². The third-order valence-electron chi connectivity index (χ3n) is 5.77. The first kappa shape index (κ1) is 17.7. The van der Waals surface area contributed by atoms with Crippen molar-refractivity contribution in [3.63, 3.8) is 0 Å². The van der Waals surface area contributed by atoms with Crippen LogP contribution in [0, 0.1) is 11.3 Å². The van der Waals surface area contributed by atoms with Crippen LogP contribution in [-0.4, -0.2) is 62.2 Å². The van der Waals surface area contributed by atoms with Crippen molar-refractivity contribution in [2.24, 2.45) is 0 Å². The van der Waals surface area contributed by atoms with E-state index in [9.17, 15) is 15.6 Å². The second kappa shape index (κ2) is 5.45. The normalized spacial score (nSPS) is 36.4. The SMILES string of the molecule is CCCC[N+]1(C2(C#N)CC(C)(C)N(O)C(C)(C)C2)CC(O)C1. The fourth-order valence-electron chi connectivity index (χ4n) is 4.94. The van der Waals surface area contributed by atoms with E-state index in [4.69, 9.17) is 0 Å². The highest BCUT2D eigenvalue weighted by Crippen LogP contribution is 2.50. The zero-order chi connectivity index (χ0) is 16.8. The average molecular weight is 310 g/mol. The second-order valence-electron chi connectivity index (χ2n) is 8.67. The minimum Gasteiger partial charge on any atom is -0.382 e. The van der Waals surface area contributed by atoms with Crippen LogP contribution in [0.5, 0.6) is 0 Å². The predicted octanol–water partition coefficient (Wildman–Crippen LogP) is 2.28. The van der Waals surface area contributed by atoms with Gasteiger partial charge in [-0.25, -0.2) is 0 Å². The molecule has 0 spiro atoms. The molecule has 126 valence electrons. The van der Waals surface area contributed by atoms with Crippen LogP contribution in [-0.2, 0) is 0 Å². The Morgan fingerprint density at radius 2 is 1.68 bits per heavy atom. The minimum atomic E-state index is -0.527. The van der Waals surface area contributed by atoms with Gasteiger partial charge in [0, 0.05) is 23.9 Å². The lowest BCUT2D eigenvalue weighted by Crippen LogP contribution is -2.81. The first-order chi connectivity index (χ1) is 10.0. The van der Waals surface area contributed by atoms with E-state index >= 15 is 0 Å². The molecule has 22 heavy (non-hydrogen) atoms. The summed E-state index contributed by atoms with van der Waals surface area (Å²) in [5, 5.41) is 32.1. The highest BCUT2D eigenvalue weighted by atomic mass is 16.5. The number of unbranched alkanes of at least 4 members (excludes halogenated alkanes) is 1. The van der Waals surface area contributed by atoms with E-state index in [2.05, 4.69) is 13.0 Å². The summed E-state index contributed by atoms with van der Waals surface area (Å²) in [4.78, 5) is 0. The average Bonchev–Trinajstić information content (AvgIpc) is 2.38. The van der Waals surface area contributed by atoms with Crippen LogP contribution in [0.25, 0.3) is 0 Å². The van der Waals surface area contributed by atoms with E-state index in [1.807, 2.05) is 27.7 Å². The summed E-state index contributed by atoms with van der Waals surface area (Å²) in [6.45, 7) is 12.5. The molecule has 0 saturated carbocycles. The number of hydrogen-bond donors (Lipinski definition) is 2. The molecule has 0 atom stereocenters. The Bertz CT molecular complexity index is 443. The minimum absolute atomic E-state index is 0.291. The molecule has 0 radical (unpaired) electrons. The number of hydroxylamine groups is 2. The maximum Gasteiger partial charge on any atom is 0.190 e. The smallest absolute Gasteiger partial charge is 0.190 e. The van der Waals surface area contributed by atoms with Crippen molar-refractivity contribution in [2.45, 2.75) is 83.0 Å². The predicted molar refractivity (Wildman–Crippen MR) is 85.1 cm³/mol. The summed E-state index contributed by atoms with van der Waals surface area (Å²) in [5.74, 6) is 0. The van der Waals surface area contributed by atoms with Gasteiger partial charge < -0.3 is 14.8 Å². The summed E-state index contributed by atoms with van der Waals surface area (Å²) in [6.07, 6.45) is 3.14. The molecule has 5 nitrogen and oxygen atoms in total. The van der Waals surface area contributed by atoms with Crippen molar-refractivity contribution in [1.29, 1.82) is 5.26 Å². The van der Waals surface area contributed by atoms with Crippen LogP contribution in [0.1, 0.15) is 60.3 Å². The van der Waals surface area contributed by atoms with Gasteiger partial charge in [0.15, 0.2) is 11.6 Å². The first-order valence-corrected chi connectivity index (χ1v) is 8.49. The Morgan fingerprint density at radius 1 is 1.18 bits per heavy atom. The molecule has 2 heterocycles. The van der Waals surface area contributed by atoms with E-state index in [0.29, 0.717) is 30.4 Å². The van der Waals surface area contributed by atoms with Gasteiger partial charge >= 0.3 is 0 Å². The molecule has 0 amide bonds. The molecule has 0 unspecified atom stereocenters. The van der Waals surface area contributed by atoms with Gasteiger partial charge in [-0.1, -0.05) is 13.3 Å². The van der Waals surface area contributed by atoms with Gasteiger partial charge in [-0.3, -0.25) is 0 Å². The van der Waals surface area contributed by atoms with Gasteiger partial charge in [0.1, 0.15) is 19.2 Å². The Kier molecular flexibility index (Phi) is 4.38. The van der Waals surface area contributed by atoms with Gasteiger partial charge in [-0.05, 0) is 34.1 Å². The molecule has 2 aliphatic rings. The fraction of sp³-hybridized carbons (Fsp3) is 0.941. The van der Waals surface area contributed by atoms with E-state index in [1.54, 1.807) is 0 Å². The maximum absolute atomic E-state index is 10.5. The molecule has 5 heteroatoms. The molecule has 2 fully saturated rings. The Hall–Kier alpha value is -0.670. The van der Waals surface area contributed by atoms with Crippen molar-refractivity contribution in [3.8, 4) is 6.07 Å². The van der Waals surface area contributed by atoms with Crippen LogP contribution >= 0.6 is 0 Å². The van der Waals surface area contributed by atoms with E-state index in [-0.39, 0.29) is 6.10 Å². The topological polar surface area (TPSA) is 67.5 Å². The van der Waals surface area contributed by atoms with Crippen LogP contribution < -0.4 is 0 Å². The van der Waals surface area contributed by atoms with Gasteiger partial charge in [-0.2, -0.15) is 10.3 Å². The molecule has 0 bridgehead atoms. The molecule has 2 saturated heterocycles. The maximum atomic E-state index is 10.5. The monoisotopic (exact) mass is 310 g/mol. The molecule has 0 aliphatic carbocycles. The molecule has 0 aromatic rings. The summed E-state index contributed by atoms with van der Waals surface area (Å²) in [6, 6.07) is 2.64. The standard InChI is InChI=1S/C17H32N3O2/c1-6-7-8-20(9-14(21)10-20)17(13-18)11-15(2,3)19(22)16(4,5)12-17/h14,21-22H,6-12H2,1-5H3/q+1. The first-order valence-electron chi connectivity index (χ1n) is 8.49. The molecule has 0 aromatic carbocycles. The zero-order valence-corrected chi connectivity index (χ0v) is 14.8. The highest BCUT2D eigenvalue weighted by molar-refractivity contribution is 5.15. The van der Waals surface area contributed by atoms with E-state index < -0.39 is 16.6 Å². The van der Waals surface area contributed by atoms with Crippen LogP contribution in [0.15, 0.2) is 0 Å². The molecule has 2 rings (SSSR count). The van der Waals surface area contributed by atoms with Gasteiger partial charge in [0.25, 0.3) is 0 Å². The molecular formula is C17H32N3O2+. The van der Waals surface area contributed by atoms with Gasteiger partial charge in [0.2, 0.25) is 0 Å². The van der Waals surface area contributed by atoms with E-state index in [0.717, 1.165) is 19.4 Å². The summed E-state index contributed by atoms with van der Waals surface area (Å²) in [7, 11) is 0. The number of hydrogen-bond acceptors (Lipinski definition) is 4. The zero-order valence-electron chi connectivity index (χ0n) is 14.8. The van der Waals surface area contributed by atoms with Crippen molar-refractivity contribution in [3.05, 3.63) is 0 Å². The molecule has 2 aliphatic heterocycles. The summed E-state index contributed by atoms with van der Waals surface area (Å²) >= 11 is 0. The lowest BCUT2D eigenvalue weighted by molar-refractivity contribution is -1.01. The van der Waals surface area contributed by atoms with Crippen LogP contribution in [0.4, 0.5) is 0 Å². The number of rotatable bonds is 4. The van der Waals surface area contributed by atoms with Crippen molar-refractivity contribution in [1.82, 2.24) is 5.06 Å². The number of nitrogens with zero attached hydrogens (tertiary/aromatic N) is 3. The Morgan fingerprint density at radius 3 is 2.05 bits per heavy atom. The van der Waals surface area contributed by atoms with Crippen molar-refractivity contribution in [2.75, 3.05) is 19.6 Å². The van der Waals surface area contributed by atoms with Crippen molar-refractivity contribution < 1.29 is 14.8 Å². The molecule has 2 N–H and O–H groups in total. The van der Waals surface area contributed by atoms with Crippen LogP contribution in [0.3, 0.4) is 0 Å². The summed E-state index contributed by atoms with van der Waals surface area (Å²) in [5.41, 5.74) is -1.42. The largest absolute Gasteiger partial charge is 0.382 e. The lowest BCUT2D eigenvalue weighted by Gasteiger charge is -2.64. The quantitative estimate of drug-likeness (QED) is 0.782. The van der Waals surface area contributed by atoms with Crippen molar-refractivity contribution >= 4 is 0 Å². The third-order valence-corrected chi connectivity index (χ3v) is 5.77. The lowest BCUT2D eigenvalue weighted by atomic mass is 9.67.